The zero-order valence-electron chi connectivity index (χ0n) is 9.30. The van der Waals surface area contributed by atoms with Gasteiger partial charge in [-0.2, -0.15) is 0 Å². The number of pyridine rings is 1. The minimum absolute atomic E-state index is 0.00904. The van der Waals surface area contributed by atoms with Crippen LogP contribution >= 0.6 is 0 Å². The van der Waals surface area contributed by atoms with Gasteiger partial charge in [-0.3, -0.25) is 4.79 Å². The zero-order chi connectivity index (χ0) is 12.8. The highest BCUT2D eigenvalue weighted by molar-refractivity contribution is 5.95. The summed E-state index contributed by atoms with van der Waals surface area (Å²) >= 11 is 0. The molecule has 0 saturated carbocycles. The first-order valence-electron chi connectivity index (χ1n) is 4.95. The SMILES string of the molecule is CCN(C/C(N)=N/O)C(=O)c1ccc(F)cn1. The molecule has 0 atom stereocenters. The maximum Gasteiger partial charge on any atom is 0.272 e. The molecule has 1 aromatic rings. The first-order chi connectivity index (χ1) is 8.08. The van der Waals surface area contributed by atoms with Crippen LogP contribution in [0.3, 0.4) is 0 Å². The quantitative estimate of drug-likeness (QED) is 0.345. The second-order valence-corrected chi connectivity index (χ2v) is 3.27. The molecule has 7 heteroatoms. The number of nitrogens with zero attached hydrogens (tertiary/aromatic N) is 3. The number of hydrogen-bond donors (Lipinski definition) is 2. The number of oxime groups is 1. The van der Waals surface area contributed by atoms with Crippen molar-refractivity contribution in [2.24, 2.45) is 10.9 Å². The normalized spacial score (nSPS) is 11.3. The third kappa shape index (κ3) is 3.40. The van der Waals surface area contributed by atoms with Gasteiger partial charge in [-0.1, -0.05) is 5.16 Å². The van der Waals surface area contributed by atoms with E-state index in [-0.39, 0.29) is 18.1 Å². The van der Waals surface area contributed by atoms with E-state index in [1.54, 1.807) is 6.92 Å². The second kappa shape index (κ2) is 5.78. The van der Waals surface area contributed by atoms with Crippen molar-refractivity contribution >= 4 is 11.7 Å². The van der Waals surface area contributed by atoms with Crippen molar-refractivity contribution < 1.29 is 14.4 Å². The van der Waals surface area contributed by atoms with E-state index in [1.807, 2.05) is 0 Å². The lowest BCUT2D eigenvalue weighted by molar-refractivity contribution is 0.0780. The number of nitrogens with two attached hydrogens (primary N) is 1. The Hall–Kier alpha value is -2.18. The Labute approximate surface area is 97.5 Å². The molecule has 0 aromatic carbocycles. The van der Waals surface area contributed by atoms with Crippen LogP contribution in [-0.2, 0) is 0 Å². The van der Waals surface area contributed by atoms with E-state index in [0.29, 0.717) is 6.54 Å². The Kier molecular flexibility index (Phi) is 4.38. The molecular formula is C10H13FN4O2. The van der Waals surface area contributed by atoms with Crippen molar-refractivity contribution in [2.45, 2.75) is 6.92 Å². The van der Waals surface area contributed by atoms with Gasteiger partial charge < -0.3 is 15.8 Å². The highest BCUT2D eigenvalue weighted by Crippen LogP contribution is 2.03. The molecule has 3 N–H and O–H groups in total. The molecule has 0 spiro atoms. The topological polar surface area (TPSA) is 91.8 Å². The number of amidine groups is 1. The van der Waals surface area contributed by atoms with Crippen molar-refractivity contribution in [2.75, 3.05) is 13.1 Å². The standard InChI is InChI=1S/C10H13FN4O2/c1-2-15(6-9(12)14-17)10(16)8-4-3-7(11)5-13-8/h3-5,17H,2,6H2,1H3,(H2,12,14). The molecular weight excluding hydrogens is 227 g/mol. The molecule has 1 heterocycles. The summed E-state index contributed by atoms with van der Waals surface area (Å²) in [7, 11) is 0. The van der Waals surface area contributed by atoms with Gasteiger partial charge >= 0.3 is 0 Å². The van der Waals surface area contributed by atoms with Crippen LogP contribution in [0.1, 0.15) is 17.4 Å². The van der Waals surface area contributed by atoms with Gasteiger partial charge in [0, 0.05) is 6.54 Å². The van der Waals surface area contributed by atoms with Crippen LogP contribution in [0.2, 0.25) is 0 Å². The zero-order valence-corrected chi connectivity index (χ0v) is 9.30. The van der Waals surface area contributed by atoms with Gasteiger partial charge in [-0.15, -0.1) is 0 Å². The summed E-state index contributed by atoms with van der Waals surface area (Å²) in [6, 6.07) is 2.43. The van der Waals surface area contributed by atoms with Crippen LogP contribution in [-0.4, -0.2) is 39.9 Å². The number of aromatic nitrogens is 1. The summed E-state index contributed by atoms with van der Waals surface area (Å²) in [4.78, 5) is 16.9. The lowest BCUT2D eigenvalue weighted by Crippen LogP contribution is -2.38. The first-order valence-corrected chi connectivity index (χ1v) is 4.95. The number of halogens is 1. The summed E-state index contributed by atoms with van der Waals surface area (Å²) in [5.41, 5.74) is 5.43. The molecule has 0 radical (unpaired) electrons. The Morgan fingerprint density at radius 1 is 1.65 bits per heavy atom. The van der Waals surface area contributed by atoms with E-state index in [0.717, 1.165) is 12.3 Å². The number of hydrogen-bond acceptors (Lipinski definition) is 4. The number of likely N-dealkylation sites (N-methyl/N-ethyl adjacent to an activating group) is 1. The molecule has 0 unspecified atom stereocenters. The molecule has 0 aliphatic rings. The summed E-state index contributed by atoms with van der Waals surface area (Å²) in [5.74, 6) is -0.998. The Morgan fingerprint density at radius 3 is 2.82 bits per heavy atom. The van der Waals surface area contributed by atoms with Crippen LogP contribution in [0.4, 0.5) is 4.39 Å². The van der Waals surface area contributed by atoms with Gasteiger partial charge in [0.25, 0.3) is 5.91 Å². The average molecular weight is 240 g/mol. The molecule has 1 aromatic heterocycles. The number of carbonyl (C=O) groups is 1. The van der Waals surface area contributed by atoms with E-state index in [4.69, 9.17) is 10.9 Å². The smallest absolute Gasteiger partial charge is 0.272 e. The molecule has 0 fully saturated rings. The van der Waals surface area contributed by atoms with Crippen molar-refractivity contribution in [3.63, 3.8) is 0 Å². The summed E-state index contributed by atoms with van der Waals surface area (Å²) in [5, 5.41) is 11.2. The highest BCUT2D eigenvalue weighted by atomic mass is 19.1. The molecule has 0 saturated heterocycles. The summed E-state index contributed by atoms with van der Waals surface area (Å²) < 4.78 is 12.6. The van der Waals surface area contributed by atoms with E-state index in [9.17, 15) is 9.18 Å². The third-order valence-corrected chi connectivity index (χ3v) is 2.10. The molecule has 0 bridgehead atoms. The van der Waals surface area contributed by atoms with Crippen LogP contribution in [0.15, 0.2) is 23.5 Å². The molecule has 6 nitrogen and oxygen atoms in total. The number of rotatable bonds is 4. The Bertz CT molecular complexity index is 419. The van der Waals surface area contributed by atoms with Crippen LogP contribution in [0.25, 0.3) is 0 Å². The van der Waals surface area contributed by atoms with Gasteiger partial charge in [-0.05, 0) is 19.1 Å². The predicted octanol–water partition coefficient (Wildman–Crippen LogP) is 0.429. The van der Waals surface area contributed by atoms with Gasteiger partial charge in [0.1, 0.15) is 11.5 Å². The monoisotopic (exact) mass is 240 g/mol. The van der Waals surface area contributed by atoms with E-state index in [1.165, 1.54) is 11.0 Å². The minimum atomic E-state index is -0.513. The maximum atomic E-state index is 12.6. The molecule has 1 amide bonds. The highest BCUT2D eigenvalue weighted by Gasteiger charge is 2.16. The van der Waals surface area contributed by atoms with E-state index < -0.39 is 11.7 Å². The van der Waals surface area contributed by atoms with Crippen LogP contribution < -0.4 is 5.73 Å². The fraction of sp³-hybridized carbons (Fsp3) is 0.300. The Balaban J connectivity index is 2.82. The van der Waals surface area contributed by atoms with Gasteiger partial charge in [0.15, 0.2) is 5.84 Å². The van der Waals surface area contributed by atoms with Gasteiger partial charge in [0.05, 0.1) is 12.7 Å². The average Bonchev–Trinajstić information content (AvgIpc) is 2.35. The van der Waals surface area contributed by atoms with Crippen LogP contribution in [0, 0.1) is 5.82 Å². The van der Waals surface area contributed by atoms with Crippen LogP contribution in [0.5, 0.6) is 0 Å². The maximum absolute atomic E-state index is 12.6. The molecule has 92 valence electrons. The Morgan fingerprint density at radius 2 is 2.35 bits per heavy atom. The van der Waals surface area contributed by atoms with E-state index >= 15 is 0 Å². The second-order valence-electron chi connectivity index (χ2n) is 3.27. The summed E-state index contributed by atoms with van der Waals surface area (Å²) in [6.45, 7) is 2.10. The first kappa shape index (κ1) is 12.9. The van der Waals surface area contributed by atoms with Crippen molar-refractivity contribution in [1.82, 2.24) is 9.88 Å². The molecule has 17 heavy (non-hydrogen) atoms. The largest absolute Gasteiger partial charge is 0.409 e. The van der Waals surface area contributed by atoms with Gasteiger partial charge in [-0.25, -0.2) is 9.37 Å². The number of carbonyl (C=O) groups excluding carboxylic acids is 1. The summed E-state index contributed by atoms with van der Waals surface area (Å²) in [6.07, 6.45) is 0.963. The van der Waals surface area contributed by atoms with Gasteiger partial charge in [0.2, 0.25) is 0 Å². The van der Waals surface area contributed by atoms with E-state index in [2.05, 4.69) is 10.1 Å². The molecule has 0 aliphatic heterocycles. The van der Waals surface area contributed by atoms with Crippen molar-refractivity contribution in [3.8, 4) is 0 Å². The molecule has 0 aliphatic carbocycles. The predicted molar refractivity (Wildman–Crippen MR) is 59.2 cm³/mol. The fourth-order valence-corrected chi connectivity index (χ4v) is 1.22. The molecule has 1 rings (SSSR count). The third-order valence-electron chi connectivity index (χ3n) is 2.10. The lowest BCUT2D eigenvalue weighted by atomic mass is 10.3. The number of amides is 1. The fourth-order valence-electron chi connectivity index (χ4n) is 1.22. The van der Waals surface area contributed by atoms with Crippen molar-refractivity contribution in [3.05, 3.63) is 29.8 Å². The lowest BCUT2D eigenvalue weighted by Gasteiger charge is -2.19. The minimum Gasteiger partial charge on any atom is -0.409 e. The van der Waals surface area contributed by atoms with Crippen molar-refractivity contribution in [1.29, 1.82) is 0 Å².